The standard InChI is InChI=1S/C14H20BrN3O3/c1-14(2,3)21-13(20)17-11-7-18(8-12(11)19)10-4-9(15)5-16-6-10/h4-6,11-12,19H,7-8H2,1-3H3,(H,17,20)/t11-,12-/m1/s1. The molecule has 21 heavy (non-hydrogen) atoms. The molecule has 7 heteroatoms. The van der Waals surface area contributed by atoms with E-state index in [1.807, 2.05) is 11.0 Å². The van der Waals surface area contributed by atoms with Crippen LogP contribution in [-0.2, 0) is 4.74 Å². The Hall–Kier alpha value is -1.34. The Morgan fingerprint density at radius 2 is 2.19 bits per heavy atom. The van der Waals surface area contributed by atoms with Crippen LogP contribution in [0.3, 0.4) is 0 Å². The lowest BCUT2D eigenvalue weighted by Gasteiger charge is -2.22. The molecule has 1 aliphatic heterocycles. The second-order valence-corrected chi connectivity index (χ2v) is 7.00. The van der Waals surface area contributed by atoms with Crippen molar-refractivity contribution in [2.75, 3.05) is 18.0 Å². The molecule has 1 aromatic rings. The van der Waals surface area contributed by atoms with Crippen LogP contribution in [0.5, 0.6) is 0 Å². The Morgan fingerprint density at radius 3 is 2.81 bits per heavy atom. The van der Waals surface area contributed by atoms with E-state index in [1.54, 1.807) is 33.2 Å². The van der Waals surface area contributed by atoms with Gasteiger partial charge in [-0.3, -0.25) is 4.98 Å². The quantitative estimate of drug-likeness (QED) is 0.845. The molecule has 1 aliphatic rings. The average molecular weight is 358 g/mol. The van der Waals surface area contributed by atoms with Crippen molar-refractivity contribution >= 4 is 27.7 Å². The minimum Gasteiger partial charge on any atom is -0.444 e. The number of hydrogen-bond donors (Lipinski definition) is 2. The number of nitrogens with zero attached hydrogens (tertiary/aromatic N) is 2. The van der Waals surface area contributed by atoms with Gasteiger partial charge in [-0.05, 0) is 42.8 Å². The number of alkyl carbamates (subject to hydrolysis) is 1. The Balaban J connectivity index is 1.97. The summed E-state index contributed by atoms with van der Waals surface area (Å²) < 4.78 is 6.08. The molecule has 1 aromatic heterocycles. The van der Waals surface area contributed by atoms with E-state index in [1.165, 1.54) is 0 Å². The van der Waals surface area contributed by atoms with E-state index in [0.717, 1.165) is 10.2 Å². The Bertz CT molecular complexity index is 518. The number of aliphatic hydroxyl groups is 1. The highest BCUT2D eigenvalue weighted by molar-refractivity contribution is 9.10. The van der Waals surface area contributed by atoms with Crippen molar-refractivity contribution in [2.45, 2.75) is 38.5 Å². The van der Waals surface area contributed by atoms with Crippen LogP contribution in [0.2, 0.25) is 0 Å². The van der Waals surface area contributed by atoms with E-state index < -0.39 is 17.8 Å². The number of amides is 1. The van der Waals surface area contributed by atoms with Gasteiger partial charge in [0.05, 0.1) is 24.0 Å². The molecule has 0 spiro atoms. The Kier molecular flexibility index (Phi) is 4.73. The van der Waals surface area contributed by atoms with E-state index in [0.29, 0.717) is 13.1 Å². The SMILES string of the molecule is CC(C)(C)OC(=O)N[C@@H]1CN(c2cncc(Br)c2)C[C@H]1O. The molecule has 0 bridgehead atoms. The van der Waals surface area contributed by atoms with Crippen molar-refractivity contribution in [3.8, 4) is 0 Å². The summed E-state index contributed by atoms with van der Waals surface area (Å²) in [5, 5.41) is 12.8. The number of rotatable bonds is 2. The van der Waals surface area contributed by atoms with Gasteiger partial charge < -0.3 is 20.1 Å². The number of halogens is 1. The molecule has 0 aliphatic carbocycles. The summed E-state index contributed by atoms with van der Waals surface area (Å²) in [5.41, 5.74) is 0.346. The maximum Gasteiger partial charge on any atom is 0.408 e. The van der Waals surface area contributed by atoms with Gasteiger partial charge in [-0.2, -0.15) is 0 Å². The molecule has 0 radical (unpaired) electrons. The second-order valence-electron chi connectivity index (χ2n) is 6.09. The first-order chi connectivity index (χ1) is 9.74. The molecule has 116 valence electrons. The first-order valence-corrected chi connectivity index (χ1v) is 7.57. The zero-order valence-corrected chi connectivity index (χ0v) is 13.9. The van der Waals surface area contributed by atoms with Gasteiger partial charge in [0.2, 0.25) is 0 Å². The highest BCUT2D eigenvalue weighted by atomic mass is 79.9. The van der Waals surface area contributed by atoms with Crippen LogP contribution in [0.1, 0.15) is 20.8 Å². The first kappa shape index (κ1) is 16.0. The van der Waals surface area contributed by atoms with Crippen molar-refractivity contribution in [3.05, 3.63) is 22.9 Å². The molecule has 0 aromatic carbocycles. The summed E-state index contributed by atoms with van der Waals surface area (Å²) in [6.45, 7) is 6.36. The van der Waals surface area contributed by atoms with E-state index >= 15 is 0 Å². The lowest BCUT2D eigenvalue weighted by atomic mass is 10.2. The predicted octanol–water partition coefficient (Wildman–Crippen LogP) is 1.92. The van der Waals surface area contributed by atoms with Crippen molar-refractivity contribution in [1.82, 2.24) is 10.3 Å². The highest BCUT2D eigenvalue weighted by Gasteiger charge is 2.33. The highest BCUT2D eigenvalue weighted by Crippen LogP contribution is 2.23. The fourth-order valence-corrected chi connectivity index (χ4v) is 2.52. The monoisotopic (exact) mass is 357 g/mol. The van der Waals surface area contributed by atoms with Gasteiger partial charge in [0.1, 0.15) is 5.60 Å². The summed E-state index contributed by atoms with van der Waals surface area (Å²) in [7, 11) is 0. The average Bonchev–Trinajstić information content (AvgIpc) is 2.68. The third-order valence-electron chi connectivity index (χ3n) is 3.05. The lowest BCUT2D eigenvalue weighted by Crippen LogP contribution is -2.45. The summed E-state index contributed by atoms with van der Waals surface area (Å²) in [4.78, 5) is 17.9. The van der Waals surface area contributed by atoms with Crippen LogP contribution in [0.25, 0.3) is 0 Å². The second kappa shape index (κ2) is 6.19. The van der Waals surface area contributed by atoms with Crippen LogP contribution in [0, 0.1) is 0 Å². The molecule has 2 atom stereocenters. The Labute approximate surface area is 132 Å². The number of anilines is 1. The van der Waals surface area contributed by atoms with Gasteiger partial charge in [0.15, 0.2) is 0 Å². The molecule has 2 rings (SSSR count). The number of nitrogens with one attached hydrogen (secondary N) is 1. The van der Waals surface area contributed by atoms with E-state index in [4.69, 9.17) is 4.74 Å². The number of carbonyl (C=O) groups excluding carboxylic acids is 1. The molecule has 0 saturated carbocycles. The van der Waals surface area contributed by atoms with Crippen LogP contribution in [-0.4, -0.2) is 47.0 Å². The van der Waals surface area contributed by atoms with Gasteiger partial charge >= 0.3 is 6.09 Å². The zero-order valence-electron chi connectivity index (χ0n) is 12.3. The summed E-state index contributed by atoms with van der Waals surface area (Å²) >= 11 is 3.37. The third kappa shape index (κ3) is 4.57. The number of hydrogen-bond acceptors (Lipinski definition) is 5. The van der Waals surface area contributed by atoms with Crippen LogP contribution in [0.4, 0.5) is 10.5 Å². The molecule has 1 amide bonds. The number of ether oxygens (including phenoxy) is 1. The zero-order chi connectivity index (χ0) is 15.6. The van der Waals surface area contributed by atoms with E-state index in [9.17, 15) is 9.90 Å². The first-order valence-electron chi connectivity index (χ1n) is 6.78. The molecule has 2 N–H and O–H groups in total. The summed E-state index contributed by atoms with van der Waals surface area (Å²) in [6, 6.07) is 1.56. The predicted molar refractivity (Wildman–Crippen MR) is 83.3 cm³/mol. The van der Waals surface area contributed by atoms with Crippen LogP contribution < -0.4 is 10.2 Å². The molecule has 2 heterocycles. The molecule has 1 saturated heterocycles. The van der Waals surface area contributed by atoms with Crippen LogP contribution >= 0.6 is 15.9 Å². The number of aromatic nitrogens is 1. The smallest absolute Gasteiger partial charge is 0.408 e. The summed E-state index contributed by atoms with van der Waals surface area (Å²) in [6.07, 6.45) is 2.28. The fraction of sp³-hybridized carbons (Fsp3) is 0.571. The molecular formula is C14H20BrN3O3. The van der Waals surface area contributed by atoms with Gasteiger partial charge in [-0.1, -0.05) is 0 Å². The normalized spacial score (nSPS) is 22.2. The minimum atomic E-state index is -0.642. The van der Waals surface area contributed by atoms with Crippen molar-refractivity contribution in [1.29, 1.82) is 0 Å². The molecule has 0 unspecified atom stereocenters. The summed E-state index contributed by atoms with van der Waals surface area (Å²) in [5.74, 6) is 0. The van der Waals surface area contributed by atoms with Crippen LogP contribution in [0.15, 0.2) is 22.9 Å². The van der Waals surface area contributed by atoms with Gasteiger partial charge in [-0.15, -0.1) is 0 Å². The van der Waals surface area contributed by atoms with Gasteiger partial charge in [-0.25, -0.2) is 4.79 Å². The maximum absolute atomic E-state index is 11.8. The van der Waals surface area contributed by atoms with Crippen molar-refractivity contribution in [2.24, 2.45) is 0 Å². The van der Waals surface area contributed by atoms with Gasteiger partial charge in [0, 0.05) is 23.8 Å². The number of aliphatic hydroxyl groups excluding tert-OH is 1. The minimum absolute atomic E-state index is 0.362. The molecule has 1 fully saturated rings. The largest absolute Gasteiger partial charge is 0.444 e. The topological polar surface area (TPSA) is 74.7 Å². The van der Waals surface area contributed by atoms with Crippen molar-refractivity contribution < 1.29 is 14.6 Å². The van der Waals surface area contributed by atoms with Gasteiger partial charge in [0.25, 0.3) is 0 Å². The van der Waals surface area contributed by atoms with Crippen molar-refractivity contribution in [3.63, 3.8) is 0 Å². The van der Waals surface area contributed by atoms with E-state index in [2.05, 4.69) is 26.2 Å². The molecular weight excluding hydrogens is 338 g/mol. The number of β-amino-alcohol motifs (C(OH)–C–C–N with tert-alkyl or cyclic N) is 1. The molecule has 6 nitrogen and oxygen atoms in total. The third-order valence-corrected chi connectivity index (χ3v) is 3.48. The van der Waals surface area contributed by atoms with E-state index in [-0.39, 0.29) is 6.04 Å². The Morgan fingerprint density at radius 1 is 1.48 bits per heavy atom. The lowest BCUT2D eigenvalue weighted by molar-refractivity contribution is 0.0461. The number of carbonyl (C=O) groups is 1. The number of pyridine rings is 1. The fourth-order valence-electron chi connectivity index (χ4n) is 2.17. The maximum atomic E-state index is 11.8.